The van der Waals surface area contributed by atoms with Gasteiger partial charge >= 0.3 is 7.12 Å². The molecule has 0 aliphatic carbocycles. The minimum Gasteiger partial charge on any atom is -0.399 e. The second kappa shape index (κ2) is 4.85. The van der Waals surface area contributed by atoms with E-state index in [4.69, 9.17) is 15.0 Å². The summed E-state index contributed by atoms with van der Waals surface area (Å²) in [5, 5.41) is 0. The molecule has 21 heavy (non-hydrogen) atoms. The molecule has 114 valence electrons. The van der Waals surface area contributed by atoms with Gasteiger partial charge in [-0.3, -0.25) is 4.79 Å². The molecule has 0 aromatic heterocycles. The molecule has 2 rings (SSSR count). The number of nitrogens with two attached hydrogens (primary N) is 1. The summed E-state index contributed by atoms with van der Waals surface area (Å²) in [6.45, 7) is 14.0. The molecular formula is C16H24BNO3. The van der Waals surface area contributed by atoms with Gasteiger partial charge in [-0.05, 0) is 76.7 Å². The summed E-state index contributed by atoms with van der Waals surface area (Å²) in [6.07, 6.45) is 0. The van der Waals surface area contributed by atoms with E-state index in [2.05, 4.69) is 0 Å². The van der Waals surface area contributed by atoms with Crippen molar-refractivity contribution in [1.29, 1.82) is 0 Å². The lowest BCUT2D eigenvalue weighted by molar-refractivity contribution is 0.00578. The smallest absolute Gasteiger partial charge is 0.399 e. The first-order valence-corrected chi connectivity index (χ1v) is 7.24. The Labute approximate surface area is 127 Å². The Hall–Kier alpha value is -1.33. The predicted octanol–water partition coefficient (Wildman–Crippen LogP) is 2.01. The largest absolute Gasteiger partial charge is 0.495 e. The Bertz CT molecular complexity index is 592. The van der Waals surface area contributed by atoms with Gasteiger partial charge in [0.25, 0.3) is 0 Å². The van der Waals surface area contributed by atoms with Gasteiger partial charge in [0.2, 0.25) is 5.91 Å². The third kappa shape index (κ3) is 2.49. The molecule has 4 nitrogen and oxygen atoms in total. The first kappa shape index (κ1) is 16.1. The maximum atomic E-state index is 11.6. The predicted molar refractivity (Wildman–Crippen MR) is 84.9 cm³/mol. The molecule has 1 fully saturated rings. The number of benzene rings is 1. The molecule has 1 aromatic rings. The van der Waals surface area contributed by atoms with Crippen LogP contribution in [0.25, 0.3) is 0 Å². The third-order valence-electron chi connectivity index (χ3n) is 4.92. The number of primary amides is 1. The average molecular weight is 289 g/mol. The monoisotopic (exact) mass is 289 g/mol. The van der Waals surface area contributed by atoms with E-state index in [1.807, 2.05) is 54.5 Å². The Morgan fingerprint density at radius 3 is 1.95 bits per heavy atom. The molecule has 0 radical (unpaired) electrons. The molecule has 1 aromatic carbocycles. The summed E-state index contributed by atoms with van der Waals surface area (Å²) in [5.74, 6) is -0.423. The lowest BCUT2D eigenvalue weighted by Gasteiger charge is -2.32. The standard InChI is InChI=1S/C16H24BNO3/c1-9-8-12(14(18)19)11(3)13(10(9)2)17-20-15(4,5)16(6,7)21-17/h8H,1-7H3,(H2,18,19). The number of carbonyl (C=O) groups is 1. The normalized spacial score (nSPS) is 19.9. The van der Waals surface area contributed by atoms with Crippen molar-refractivity contribution in [3.63, 3.8) is 0 Å². The van der Waals surface area contributed by atoms with E-state index < -0.39 is 24.2 Å². The van der Waals surface area contributed by atoms with Crippen LogP contribution in [0.1, 0.15) is 54.7 Å². The van der Waals surface area contributed by atoms with Crippen LogP contribution in [0, 0.1) is 20.8 Å². The SMILES string of the molecule is Cc1cc(C(N)=O)c(C)c(B2OC(C)(C)C(C)(C)O2)c1C. The summed E-state index contributed by atoms with van der Waals surface area (Å²) in [6, 6.07) is 1.84. The van der Waals surface area contributed by atoms with E-state index in [1.165, 1.54) is 0 Å². The first-order chi connectivity index (χ1) is 9.48. The van der Waals surface area contributed by atoms with Crippen LogP contribution >= 0.6 is 0 Å². The molecular weight excluding hydrogens is 265 g/mol. The Balaban J connectivity index is 2.58. The Morgan fingerprint density at radius 1 is 1.05 bits per heavy atom. The second-order valence-electron chi connectivity index (χ2n) is 6.86. The van der Waals surface area contributed by atoms with Crippen molar-refractivity contribution in [3.05, 3.63) is 28.3 Å². The van der Waals surface area contributed by atoms with Gasteiger partial charge in [-0.15, -0.1) is 0 Å². The van der Waals surface area contributed by atoms with Crippen LogP contribution in [0.3, 0.4) is 0 Å². The quantitative estimate of drug-likeness (QED) is 0.847. The van der Waals surface area contributed by atoms with E-state index in [9.17, 15) is 4.79 Å². The van der Waals surface area contributed by atoms with E-state index in [-0.39, 0.29) is 0 Å². The zero-order valence-electron chi connectivity index (χ0n) is 14.0. The van der Waals surface area contributed by atoms with Crippen molar-refractivity contribution < 1.29 is 14.1 Å². The van der Waals surface area contributed by atoms with Crippen LogP contribution in [0.15, 0.2) is 6.07 Å². The zero-order chi connectivity index (χ0) is 16.2. The highest BCUT2D eigenvalue weighted by atomic mass is 16.7. The number of amides is 1. The van der Waals surface area contributed by atoms with Gasteiger partial charge in [-0.1, -0.05) is 0 Å². The Kier molecular flexibility index (Phi) is 3.71. The van der Waals surface area contributed by atoms with E-state index in [1.54, 1.807) is 0 Å². The van der Waals surface area contributed by atoms with Gasteiger partial charge in [-0.25, -0.2) is 0 Å². The summed E-state index contributed by atoms with van der Waals surface area (Å²) in [5.41, 5.74) is 9.05. The van der Waals surface area contributed by atoms with Crippen LogP contribution in [0.5, 0.6) is 0 Å². The molecule has 1 saturated heterocycles. The summed E-state index contributed by atoms with van der Waals surface area (Å²) in [4.78, 5) is 11.6. The number of carbonyl (C=O) groups excluding carboxylic acids is 1. The maximum absolute atomic E-state index is 11.6. The first-order valence-electron chi connectivity index (χ1n) is 7.24. The zero-order valence-corrected chi connectivity index (χ0v) is 14.0. The third-order valence-corrected chi connectivity index (χ3v) is 4.92. The van der Waals surface area contributed by atoms with Crippen LogP contribution in [-0.2, 0) is 9.31 Å². The van der Waals surface area contributed by atoms with Crippen molar-refractivity contribution >= 4 is 18.5 Å². The fraction of sp³-hybridized carbons (Fsp3) is 0.562. The lowest BCUT2D eigenvalue weighted by atomic mass is 9.71. The van der Waals surface area contributed by atoms with E-state index in [0.29, 0.717) is 5.56 Å². The van der Waals surface area contributed by atoms with Gasteiger partial charge in [0.05, 0.1) is 11.2 Å². The average Bonchev–Trinajstić information content (AvgIpc) is 2.52. The molecule has 0 saturated carbocycles. The van der Waals surface area contributed by atoms with Gasteiger partial charge in [0.1, 0.15) is 0 Å². The van der Waals surface area contributed by atoms with Crippen LogP contribution in [0.2, 0.25) is 0 Å². The van der Waals surface area contributed by atoms with Gasteiger partial charge in [0, 0.05) is 5.56 Å². The van der Waals surface area contributed by atoms with E-state index in [0.717, 1.165) is 22.2 Å². The number of aryl methyl sites for hydroxylation is 1. The molecule has 1 heterocycles. The fourth-order valence-corrected chi connectivity index (χ4v) is 2.64. The highest BCUT2D eigenvalue weighted by molar-refractivity contribution is 6.63. The van der Waals surface area contributed by atoms with Crippen LogP contribution in [0.4, 0.5) is 0 Å². The number of rotatable bonds is 2. The minimum absolute atomic E-state index is 0.410. The van der Waals surface area contributed by atoms with Gasteiger partial charge in [0.15, 0.2) is 0 Å². The maximum Gasteiger partial charge on any atom is 0.495 e. The fourth-order valence-electron chi connectivity index (χ4n) is 2.64. The molecule has 2 N–H and O–H groups in total. The highest BCUT2D eigenvalue weighted by Gasteiger charge is 2.52. The van der Waals surface area contributed by atoms with Crippen molar-refractivity contribution in [2.24, 2.45) is 5.73 Å². The van der Waals surface area contributed by atoms with Gasteiger partial charge in [-0.2, -0.15) is 0 Å². The molecule has 0 unspecified atom stereocenters. The van der Waals surface area contributed by atoms with Gasteiger partial charge < -0.3 is 15.0 Å². The lowest BCUT2D eigenvalue weighted by Crippen LogP contribution is -2.41. The Morgan fingerprint density at radius 2 is 1.52 bits per heavy atom. The molecule has 0 atom stereocenters. The van der Waals surface area contributed by atoms with Crippen molar-refractivity contribution in [3.8, 4) is 0 Å². The molecule has 1 amide bonds. The number of hydrogen-bond acceptors (Lipinski definition) is 3. The summed E-state index contributed by atoms with van der Waals surface area (Å²) in [7, 11) is -0.479. The second-order valence-corrected chi connectivity index (χ2v) is 6.86. The molecule has 0 bridgehead atoms. The molecule has 1 aliphatic rings. The van der Waals surface area contributed by atoms with Crippen molar-refractivity contribution in [1.82, 2.24) is 0 Å². The number of hydrogen-bond donors (Lipinski definition) is 1. The minimum atomic E-state index is -0.479. The van der Waals surface area contributed by atoms with Crippen molar-refractivity contribution in [2.45, 2.75) is 59.7 Å². The topological polar surface area (TPSA) is 61.6 Å². The van der Waals surface area contributed by atoms with Crippen LogP contribution < -0.4 is 11.2 Å². The summed E-state index contributed by atoms with van der Waals surface area (Å²) >= 11 is 0. The summed E-state index contributed by atoms with van der Waals surface area (Å²) < 4.78 is 12.3. The van der Waals surface area contributed by atoms with E-state index >= 15 is 0 Å². The molecule has 1 aliphatic heterocycles. The molecule has 0 spiro atoms. The molecule has 5 heteroatoms. The van der Waals surface area contributed by atoms with Crippen molar-refractivity contribution in [2.75, 3.05) is 0 Å². The van der Waals surface area contributed by atoms with Crippen LogP contribution in [-0.4, -0.2) is 24.2 Å². The highest BCUT2D eigenvalue weighted by Crippen LogP contribution is 2.37.